The lowest BCUT2D eigenvalue weighted by Crippen LogP contribution is -2.13. The molecular weight excluding hydrogens is 245 g/mol. The van der Waals surface area contributed by atoms with Crippen LogP contribution in [0.25, 0.3) is 10.8 Å². The predicted molar refractivity (Wildman–Crippen MR) is 61.8 cm³/mol. The summed E-state index contributed by atoms with van der Waals surface area (Å²) in [6, 6.07) is 10.2. The molecule has 2 rings (SSSR count). The number of aromatic hydroxyl groups is 1. The molecule has 2 aromatic rings. The lowest BCUT2D eigenvalue weighted by Gasteiger charge is -2.10. The number of alkyl halides is 3. The maximum atomic E-state index is 12.0. The number of rotatable bonds is 3. The van der Waals surface area contributed by atoms with Crippen molar-refractivity contribution in [1.82, 2.24) is 0 Å². The van der Waals surface area contributed by atoms with Gasteiger partial charge < -0.3 is 9.84 Å². The standard InChI is InChI=1S/C13H11F3O2/c14-13(15,16)5-6-18-12-8-10-4-2-1-3-9(10)7-11(12)17/h1-4,7-8,17H,5-6H2. The third-order valence-corrected chi connectivity index (χ3v) is 2.47. The Hall–Kier alpha value is -1.91. The second kappa shape index (κ2) is 4.76. The number of hydrogen-bond acceptors (Lipinski definition) is 2. The fraction of sp³-hybridized carbons (Fsp3) is 0.231. The summed E-state index contributed by atoms with van der Waals surface area (Å²) in [5.41, 5.74) is 0. The minimum absolute atomic E-state index is 0.0675. The molecule has 0 aliphatic heterocycles. The van der Waals surface area contributed by atoms with Crippen molar-refractivity contribution < 1.29 is 23.0 Å². The normalized spacial score (nSPS) is 11.7. The summed E-state index contributed by atoms with van der Waals surface area (Å²) in [7, 11) is 0. The number of benzene rings is 2. The minimum Gasteiger partial charge on any atom is -0.504 e. The number of fused-ring (bicyclic) bond motifs is 1. The van der Waals surface area contributed by atoms with Crippen molar-refractivity contribution in [2.75, 3.05) is 6.61 Å². The smallest absolute Gasteiger partial charge is 0.392 e. The van der Waals surface area contributed by atoms with E-state index in [1.165, 1.54) is 12.1 Å². The van der Waals surface area contributed by atoms with Gasteiger partial charge in [-0.3, -0.25) is 0 Å². The molecule has 0 unspecified atom stereocenters. The van der Waals surface area contributed by atoms with Crippen LogP contribution in [-0.2, 0) is 0 Å². The average Bonchev–Trinajstić information content (AvgIpc) is 2.28. The SMILES string of the molecule is Oc1cc2ccccc2cc1OCCC(F)(F)F. The van der Waals surface area contributed by atoms with Crippen molar-refractivity contribution in [3.05, 3.63) is 36.4 Å². The van der Waals surface area contributed by atoms with Gasteiger partial charge in [0.1, 0.15) is 0 Å². The van der Waals surface area contributed by atoms with E-state index in [1.807, 2.05) is 6.07 Å². The molecule has 0 saturated heterocycles. The van der Waals surface area contributed by atoms with E-state index >= 15 is 0 Å². The van der Waals surface area contributed by atoms with E-state index in [2.05, 4.69) is 0 Å². The zero-order valence-corrected chi connectivity index (χ0v) is 9.37. The third kappa shape index (κ3) is 3.06. The topological polar surface area (TPSA) is 29.5 Å². The highest BCUT2D eigenvalue weighted by Gasteiger charge is 2.27. The molecule has 1 N–H and O–H groups in total. The summed E-state index contributed by atoms with van der Waals surface area (Å²) < 4.78 is 40.9. The van der Waals surface area contributed by atoms with Crippen LogP contribution in [0.3, 0.4) is 0 Å². The van der Waals surface area contributed by atoms with Gasteiger partial charge >= 0.3 is 6.18 Å². The van der Waals surface area contributed by atoms with Crippen LogP contribution in [0.5, 0.6) is 11.5 Å². The first-order chi connectivity index (χ1) is 8.46. The number of halogens is 3. The Balaban J connectivity index is 2.15. The zero-order valence-electron chi connectivity index (χ0n) is 9.37. The highest BCUT2D eigenvalue weighted by molar-refractivity contribution is 5.85. The van der Waals surface area contributed by atoms with Crippen molar-refractivity contribution in [2.45, 2.75) is 12.6 Å². The van der Waals surface area contributed by atoms with Gasteiger partial charge in [-0.2, -0.15) is 13.2 Å². The summed E-state index contributed by atoms with van der Waals surface area (Å²) in [5.74, 6) is -0.0891. The molecule has 5 heteroatoms. The van der Waals surface area contributed by atoms with E-state index in [4.69, 9.17) is 4.74 Å². The molecule has 0 spiro atoms. The summed E-state index contributed by atoms with van der Waals surface area (Å²) >= 11 is 0. The molecule has 0 amide bonds. The first kappa shape index (κ1) is 12.5. The molecule has 0 saturated carbocycles. The summed E-state index contributed by atoms with van der Waals surface area (Å²) in [5, 5.41) is 11.2. The molecule has 0 atom stereocenters. The molecular formula is C13H11F3O2. The van der Waals surface area contributed by atoms with Crippen LogP contribution < -0.4 is 4.74 Å². The Labute approximate surface area is 102 Å². The Kier molecular flexibility index (Phi) is 3.32. The fourth-order valence-corrected chi connectivity index (χ4v) is 1.60. The maximum absolute atomic E-state index is 12.0. The van der Waals surface area contributed by atoms with Gasteiger partial charge in [0.2, 0.25) is 0 Å². The van der Waals surface area contributed by atoms with Crippen molar-refractivity contribution in [2.24, 2.45) is 0 Å². The van der Waals surface area contributed by atoms with Gasteiger partial charge in [0.05, 0.1) is 13.0 Å². The molecule has 0 radical (unpaired) electrons. The quantitative estimate of drug-likeness (QED) is 0.903. The van der Waals surface area contributed by atoms with Crippen LogP contribution in [0.4, 0.5) is 13.2 Å². The summed E-state index contributed by atoms with van der Waals surface area (Å²) in [6.07, 6.45) is -5.30. The van der Waals surface area contributed by atoms with E-state index in [1.54, 1.807) is 18.2 Å². The van der Waals surface area contributed by atoms with Gasteiger partial charge in [0.15, 0.2) is 11.5 Å². The van der Waals surface area contributed by atoms with Crippen LogP contribution in [0, 0.1) is 0 Å². The van der Waals surface area contributed by atoms with Crippen LogP contribution >= 0.6 is 0 Å². The van der Waals surface area contributed by atoms with Gasteiger partial charge in [-0.1, -0.05) is 24.3 Å². The molecule has 0 aliphatic carbocycles. The largest absolute Gasteiger partial charge is 0.504 e. The van der Waals surface area contributed by atoms with Gasteiger partial charge in [-0.15, -0.1) is 0 Å². The Morgan fingerprint density at radius 1 is 1.06 bits per heavy atom. The van der Waals surface area contributed by atoms with Crippen molar-refractivity contribution >= 4 is 10.8 Å². The van der Waals surface area contributed by atoms with Crippen LogP contribution in [0.1, 0.15) is 6.42 Å². The van der Waals surface area contributed by atoms with Crippen LogP contribution in [0.2, 0.25) is 0 Å². The van der Waals surface area contributed by atoms with Gasteiger partial charge in [-0.05, 0) is 22.9 Å². The van der Waals surface area contributed by atoms with E-state index in [0.717, 1.165) is 10.8 Å². The summed E-state index contributed by atoms with van der Waals surface area (Å²) in [4.78, 5) is 0. The molecule has 0 fully saturated rings. The second-order valence-corrected chi connectivity index (χ2v) is 3.88. The van der Waals surface area contributed by atoms with E-state index in [9.17, 15) is 18.3 Å². The highest BCUT2D eigenvalue weighted by Crippen LogP contribution is 2.32. The molecule has 2 nitrogen and oxygen atoms in total. The van der Waals surface area contributed by atoms with E-state index in [0.29, 0.717) is 0 Å². The monoisotopic (exact) mass is 256 g/mol. The van der Waals surface area contributed by atoms with Crippen molar-refractivity contribution in [3.8, 4) is 11.5 Å². The zero-order chi connectivity index (χ0) is 13.2. The number of phenolic OH excluding ortho intramolecular Hbond substituents is 1. The minimum atomic E-state index is -4.26. The van der Waals surface area contributed by atoms with Gasteiger partial charge in [0.25, 0.3) is 0 Å². The average molecular weight is 256 g/mol. The Morgan fingerprint density at radius 3 is 2.28 bits per heavy atom. The van der Waals surface area contributed by atoms with Crippen molar-refractivity contribution in [1.29, 1.82) is 0 Å². The first-order valence-electron chi connectivity index (χ1n) is 5.37. The fourth-order valence-electron chi connectivity index (χ4n) is 1.60. The second-order valence-electron chi connectivity index (χ2n) is 3.88. The first-order valence-corrected chi connectivity index (χ1v) is 5.37. The number of hydrogen-bond donors (Lipinski definition) is 1. The number of phenols is 1. The Bertz CT molecular complexity index is 549. The summed E-state index contributed by atoms with van der Waals surface area (Å²) in [6.45, 7) is -0.505. The lowest BCUT2D eigenvalue weighted by molar-refractivity contribution is -0.139. The van der Waals surface area contributed by atoms with E-state index < -0.39 is 19.2 Å². The number of ether oxygens (including phenoxy) is 1. The Morgan fingerprint density at radius 2 is 1.67 bits per heavy atom. The van der Waals surface area contributed by atoms with Gasteiger partial charge in [0, 0.05) is 0 Å². The predicted octanol–water partition coefficient (Wildman–Crippen LogP) is 3.88. The molecule has 0 heterocycles. The molecule has 2 aromatic carbocycles. The molecule has 18 heavy (non-hydrogen) atoms. The van der Waals surface area contributed by atoms with E-state index in [-0.39, 0.29) is 11.5 Å². The highest BCUT2D eigenvalue weighted by atomic mass is 19.4. The maximum Gasteiger partial charge on any atom is 0.392 e. The van der Waals surface area contributed by atoms with Crippen molar-refractivity contribution in [3.63, 3.8) is 0 Å². The molecule has 0 bridgehead atoms. The van der Waals surface area contributed by atoms with Crippen LogP contribution in [0.15, 0.2) is 36.4 Å². The van der Waals surface area contributed by atoms with Crippen LogP contribution in [-0.4, -0.2) is 17.9 Å². The molecule has 96 valence electrons. The molecule has 0 aliphatic rings. The third-order valence-electron chi connectivity index (χ3n) is 2.47. The lowest BCUT2D eigenvalue weighted by atomic mass is 10.1. The van der Waals surface area contributed by atoms with Gasteiger partial charge in [-0.25, -0.2) is 0 Å². The molecule has 0 aromatic heterocycles.